The van der Waals surface area contributed by atoms with E-state index in [0.29, 0.717) is 11.3 Å². The van der Waals surface area contributed by atoms with E-state index in [2.05, 4.69) is 40.7 Å². The Morgan fingerprint density at radius 1 is 1.00 bits per heavy atom. The molecule has 4 aliphatic carbocycles. The summed E-state index contributed by atoms with van der Waals surface area (Å²) in [6, 6.07) is 0. The maximum absolute atomic E-state index is 12.3. The Balaban J connectivity index is 1.39. The number of ketones is 1. The van der Waals surface area contributed by atoms with Crippen molar-refractivity contribution in [3.05, 3.63) is 11.6 Å². The Morgan fingerprint density at radius 2 is 1.73 bits per heavy atom. The van der Waals surface area contributed by atoms with Gasteiger partial charge in [-0.05, 0) is 124 Å². The molecule has 210 valence electrons. The van der Waals surface area contributed by atoms with Crippen LogP contribution in [0.4, 0.5) is 0 Å². The number of carbonyl (C=O) groups excluding carboxylic acids is 2. The molecule has 1 N–H and O–H groups in total. The summed E-state index contributed by atoms with van der Waals surface area (Å²) in [7, 11) is 0. The molecule has 0 aromatic heterocycles. The van der Waals surface area contributed by atoms with Crippen LogP contribution in [0.15, 0.2) is 11.6 Å². The van der Waals surface area contributed by atoms with Gasteiger partial charge in [0.05, 0.1) is 12.0 Å². The lowest BCUT2D eigenvalue weighted by molar-refractivity contribution is -0.152. The molecule has 37 heavy (non-hydrogen) atoms. The minimum absolute atomic E-state index is 0.0412. The first kappa shape index (κ1) is 28.8. The van der Waals surface area contributed by atoms with Crippen LogP contribution in [0.5, 0.6) is 0 Å². The lowest BCUT2D eigenvalue weighted by Crippen LogP contribution is -2.52. The number of esters is 1. The van der Waals surface area contributed by atoms with E-state index in [0.717, 1.165) is 55.8 Å². The second-order valence-electron chi connectivity index (χ2n) is 14.7. The van der Waals surface area contributed by atoms with Crippen molar-refractivity contribution >= 4 is 11.8 Å². The molecule has 0 spiro atoms. The van der Waals surface area contributed by atoms with Crippen LogP contribution in [0, 0.1) is 46.3 Å². The van der Waals surface area contributed by atoms with Crippen LogP contribution in [0.2, 0.25) is 0 Å². The van der Waals surface area contributed by atoms with E-state index >= 15 is 0 Å². The zero-order chi connectivity index (χ0) is 27.2. The number of rotatable bonds is 9. The minimum atomic E-state index is -0.523. The van der Waals surface area contributed by atoms with Crippen LogP contribution in [-0.4, -0.2) is 28.6 Å². The van der Waals surface area contributed by atoms with Crippen LogP contribution >= 0.6 is 0 Å². The fraction of sp³-hybridized carbons (Fsp3) is 0.879. The number of Topliss-reactive ketones (excluding diaryl/α,β-unsaturated/α-hetero) is 1. The molecular weight excluding hydrogens is 460 g/mol. The van der Waals surface area contributed by atoms with Crippen LogP contribution in [0.1, 0.15) is 126 Å². The summed E-state index contributed by atoms with van der Waals surface area (Å²) in [5.74, 6) is 3.84. The molecule has 3 fully saturated rings. The maximum atomic E-state index is 12.3. The Morgan fingerprint density at radius 3 is 2.41 bits per heavy atom. The summed E-state index contributed by atoms with van der Waals surface area (Å²) in [6.45, 7) is 15.4. The SMILES string of the molecule is CC(=O)CCC(=O)OC(CC[C@@H](C)[C@H]1CC[C@H]2[C@@H]3CC=C4C[C@@](C)(O)CC[C@]4(C)[C@H]3CC[C@]12C)C(C)C. The van der Waals surface area contributed by atoms with E-state index in [9.17, 15) is 14.7 Å². The predicted octanol–water partition coefficient (Wildman–Crippen LogP) is 7.67. The number of aliphatic hydroxyl groups is 1. The third kappa shape index (κ3) is 5.75. The van der Waals surface area contributed by atoms with Gasteiger partial charge in [0.25, 0.3) is 0 Å². The quantitative estimate of drug-likeness (QED) is 0.253. The highest BCUT2D eigenvalue weighted by molar-refractivity contribution is 5.81. The first-order chi connectivity index (χ1) is 17.3. The molecule has 0 saturated heterocycles. The summed E-state index contributed by atoms with van der Waals surface area (Å²) in [5, 5.41) is 10.7. The van der Waals surface area contributed by atoms with Crippen molar-refractivity contribution in [2.45, 2.75) is 137 Å². The standard InChI is InChI=1S/C33H54O4/c1-21(2)29(37-30(35)15-9-23(4)34)14-8-22(3)26-12-13-27-25-11-10-24-20-31(5,36)18-19-32(24,6)28(25)16-17-33(26,27)7/h10,21-22,25-29,36H,8-9,11-20H2,1-7H3/t22-,25+,26-,27+,28+,29?,31+,32+,33-/m1/s1. The van der Waals surface area contributed by atoms with Crippen molar-refractivity contribution in [2.24, 2.45) is 46.3 Å². The third-order valence-corrected chi connectivity index (χ3v) is 11.8. The van der Waals surface area contributed by atoms with Gasteiger partial charge in [0, 0.05) is 6.42 Å². The van der Waals surface area contributed by atoms with Crippen molar-refractivity contribution in [1.29, 1.82) is 0 Å². The van der Waals surface area contributed by atoms with Crippen LogP contribution < -0.4 is 0 Å². The molecule has 9 atom stereocenters. The van der Waals surface area contributed by atoms with Gasteiger partial charge in [0.15, 0.2) is 0 Å². The highest BCUT2D eigenvalue weighted by Gasteiger charge is 2.59. The Labute approximate surface area is 226 Å². The average molecular weight is 515 g/mol. The van der Waals surface area contributed by atoms with E-state index in [4.69, 9.17) is 4.74 Å². The molecule has 4 rings (SSSR count). The van der Waals surface area contributed by atoms with Gasteiger partial charge in [0.1, 0.15) is 11.9 Å². The smallest absolute Gasteiger partial charge is 0.306 e. The zero-order valence-electron chi connectivity index (χ0n) is 24.8. The van der Waals surface area contributed by atoms with Gasteiger partial charge in [-0.25, -0.2) is 0 Å². The minimum Gasteiger partial charge on any atom is -0.462 e. The molecule has 0 heterocycles. The first-order valence-electron chi connectivity index (χ1n) is 15.4. The molecule has 0 aromatic carbocycles. The highest BCUT2D eigenvalue weighted by Crippen LogP contribution is 2.67. The first-order valence-corrected chi connectivity index (χ1v) is 15.4. The third-order valence-electron chi connectivity index (χ3n) is 11.8. The van der Waals surface area contributed by atoms with Gasteiger partial charge >= 0.3 is 5.97 Å². The van der Waals surface area contributed by atoms with Gasteiger partial charge in [-0.15, -0.1) is 0 Å². The normalized spacial score (nSPS) is 40.7. The second-order valence-corrected chi connectivity index (χ2v) is 14.7. The maximum Gasteiger partial charge on any atom is 0.306 e. The number of fused-ring (bicyclic) bond motifs is 5. The van der Waals surface area contributed by atoms with Gasteiger partial charge in [-0.2, -0.15) is 0 Å². The fourth-order valence-electron chi connectivity index (χ4n) is 9.44. The van der Waals surface area contributed by atoms with Gasteiger partial charge in [-0.3, -0.25) is 4.79 Å². The largest absolute Gasteiger partial charge is 0.462 e. The Bertz CT molecular complexity index is 887. The predicted molar refractivity (Wildman–Crippen MR) is 149 cm³/mol. The molecule has 4 heteroatoms. The van der Waals surface area contributed by atoms with Crippen LogP contribution in [0.25, 0.3) is 0 Å². The lowest BCUT2D eigenvalue weighted by atomic mass is 9.46. The van der Waals surface area contributed by atoms with E-state index in [1.807, 2.05) is 6.92 Å². The molecule has 3 saturated carbocycles. The average Bonchev–Trinajstić information content (AvgIpc) is 3.17. The van der Waals surface area contributed by atoms with Gasteiger partial charge < -0.3 is 14.6 Å². The summed E-state index contributed by atoms with van der Waals surface area (Å²) in [5.41, 5.74) is 1.72. The van der Waals surface area contributed by atoms with E-state index in [-0.39, 0.29) is 42.0 Å². The molecule has 4 aliphatic rings. The fourth-order valence-corrected chi connectivity index (χ4v) is 9.44. The topological polar surface area (TPSA) is 63.6 Å². The van der Waals surface area contributed by atoms with Crippen LogP contribution in [-0.2, 0) is 14.3 Å². The molecule has 0 amide bonds. The number of allylic oxidation sites excluding steroid dienone is 1. The van der Waals surface area contributed by atoms with E-state index < -0.39 is 5.60 Å². The zero-order valence-corrected chi connectivity index (χ0v) is 24.8. The summed E-state index contributed by atoms with van der Waals surface area (Å²) < 4.78 is 5.84. The van der Waals surface area contributed by atoms with Crippen molar-refractivity contribution < 1.29 is 19.4 Å². The Kier molecular flexibility index (Phi) is 8.40. The van der Waals surface area contributed by atoms with Crippen molar-refractivity contribution in [1.82, 2.24) is 0 Å². The summed E-state index contributed by atoms with van der Waals surface area (Å²) in [4.78, 5) is 23.6. The summed E-state index contributed by atoms with van der Waals surface area (Å²) >= 11 is 0. The number of carbonyl (C=O) groups is 2. The van der Waals surface area contributed by atoms with E-state index in [1.165, 1.54) is 39.0 Å². The second kappa shape index (κ2) is 10.8. The van der Waals surface area contributed by atoms with Crippen molar-refractivity contribution in [3.8, 4) is 0 Å². The van der Waals surface area contributed by atoms with Gasteiger partial charge in [0.2, 0.25) is 0 Å². The number of ether oxygens (including phenoxy) is 1. The molecule has 0 aliphatic heterocycles. The Hall–Kier alpha value is -1.16. The highest BCUT2D eigenvalue weighted by atomic mass is 16.5. The molecule has 1 unspecified atom stereocenters. The summed E-state index contributed by atoms with van der Waals surface area (Å²) in [6.07, 6.45) is 14.5. The molecule has 0 aromatic rings. The lowest BCUT2D eigenvalue weighted by Gasteiger charge is -2.59. The van der Waals surface area contributed by atoms with Crippen LogP contribution in [0.3, 0.4) is 0 Å². The van der Waals surface area contributed by atoms with Crippen molar-refractivity contribution in [3.63, 3.8) is 0 Å². The molecule has 4 nitrogen and oxygen atoms in total. The van der Waals surface area contributed by atoms with Gasteiger partial charge in [-0.1, -0.05) is 46.3 Å². The number of hydrogen-bond donors (Lipinski definition) is 1. The monoisotopic (exact) mass is 514 g/mol. The molecular formula is C33H54O4. The van der Waals surface area contributed by atoms with Crippen molar-refractivity contribution in [2.75, 3.05) is 0 Å². The molecule has 0 bridgehead atoms. The molecule has 0 radical (unpaired) electrons. The van der Waals surface area contributed by atoms with E-state index in [1.54, 1.807) is 5.57 Å². The number of hydrogen-bond acceptors (Lipinski definition) is 4.